The standard InChI is InChI=1S/C18H17Cl2N3O5S.ClH/c1-23-6-21-18(22-23)29-15-11-10(12(11)16(24)25)13(17(26)27)14(15)28-5-7-2-3-8(19)9(20)4-7;/h2-4,6,10-15H,5H2,1H3,(H,24,25)(H,26,27);1H. The fraction of sp³-hybridized carbons (Fsp3) is 0.444. The number of carbonyl (C=O) groups is 2. The lowest BCUT2D eigenvalue weighted by atomic mass is 9.96. The van der Waals surface area contributed by atoms with Gasteiger partial charge in [0.05, 0.1) is 34.6 Å². The summed E-state index contributed by atoms with van der Waals surface area (Å²) in [4.78, 5) is 27.7. The van der Waals surface area contributed by atoms with E-state index in [9.17, 15) is 19.8 Å². The molecule has 2 aliphatic carbocycles. The van der Waals surface area contributed by atoms with Crippen molar-refractivity contribution >= 4 is 59.3 Å². The van der Waals surface area contributed by atoms with Crippen LogP contribution in [-0.2, 0) is 28.0 Å². The quantitative estimate of drug-likeness (QED) is 0.603. The molecule has 0 bridgehead atoms. The number of carboxylic acids is 2. The molecule has 1 aromatic carbocycles. The number of aromatic nitrogens is 3. The van der Waals surface area contributed by atoms with Gasteiger partial charge in [0, 0.05) is 12.3 Å². The maximum atomic E-state index is 12.0. The fourth-order valence-electron chi connectivity index (χ4n) is 4.18. The van der Waals surface area contributed by atoms with Crippen LogP contribution in [0.5, 0.6) is 0 Å². The normalized spacial score (nSPS) is 29.2. The van der Waals surface area contributed by atoms with E-state index in [1.807, 2.05) is 0 Å². The summed E-state index contributed by atoms with van der Waals surface area (Å²) in [5.74, 6) is -4.41. The van der Waals surface area contributed by atoms with Gasteiger partial charge >= 0.3 is 11.9 Å². The van der Waals surface area contributed by atoms with Crippen LogP contribution in [0.15, 0.2) is 29.7 Å². The van der Waals surface area contributed by atoms with Crippen LogP contribution in [0.3, 0.4) is 0 Å². The van der Waals surface area contributed by atoms with E-state index in [1.54, 1.807) is 25.2 Å². The van der Waals surface area contributed by atoms with Crippen LogP contribution >= 0.6 is 47.4 Å². The van der Waals surface area contributed by atoms with Crippen molar-refractivity contribution in [2.75, 3.05) is 0 Å². The van der Waals surface area contributed by atoms with Gasteiger partial charge in [0.2, 0.25) is 5.16 Å². The van der Waals surface area contributed by atoms with Gasteiger partial charge in [0.25, 0.3) is 0 Å². The Morgan fingerprint density at radius 3 is 2.43 bits per heavy atom. The molecule has 6 atom stereocenters. The highest BCUT2D eigenvalue weighted by Crippen LogP contribution is 2.65. The van der Waals surface area contributed by atoms with Crippen molar-refractivity contribution < 1.29 is 24.5 Å². The van der Waals surface area contributed by atoms with Gasteiger partial charge in [-0.05, 0) is 29.5 Å². The van der Waals surface area contributed by atoms with E-state index in [-0.39, 0.29) is 30.2 Å². The van der Waals surface area contributed by atoms with Crippen molar-refractivity contribution in [2.24, 2.45) is 30.7 Å². The molecule has 6 unspecified atom stereocenters. The summed E-state index contributed by atoms with van der Waals surface area (Å²) < 4.78 is 7.56. The van der Waals surface area contributed by atoms with Crippen molar-refractivity contribution in [3.8, 4) is 0 Å². The van der Waals surface area contributed by atoms with Gasteiger partial charge in [0.1, 0.15) is 6.33 Å². The first-order valence-corrected chi connectivity index (χ1v) is 10.4. The first-order valence-electron chi connectivity index (χ1n) is 8.81. The van der Waals surface area contributed by atoms with Gasteiger partial charge in [-0.2, -0.15) is 0 Å². The number of hydrogen-bond acceptors (Lipinski definition) is 6. The first-order chi connectivity index (χ1) is 13.8. The van der Waals surface area contributed by atoms with Crippen molar-refractivity contribution in [3.63, 3.8) is 0 Å². The SMILES string of the molecule is Cl.Cn1cnc(SC2C(OCc3ccc(Cl)c(Cl)c3)C(C(=O)O)C3C(C(=O)O)C23)n1. The van der Waals surface area contributed by atoms with E-state index in [1.165, 1.54) is 22.8 Å². The molecule has 12 heteroatoms. The van der Waals surface area contributed by atoms with E-state index in [2.05, 4.69) is 10.1 Å². The zero-order chi connectivity index (χ0) is 20.9. The summed E-state index contributed by atoms with van der Waals surface area (Å²) in [5.41, 5.74) is 0.749. The second-order valence-corrected chi connectivity index (χ2v) is 9.15. The topological polar surface area (TPSA) is 115 Å². The van der Waals surface area contributed by atoms with Crippen molar-refractivity contribution in [1.82, 2.24) is 14.8 Å². The maximum Gasteiger partial charge on any atom is 0.309 e. The predicted molar refractivity (Wildman–Crippen MR) is 112 cm³/mol. The fourth-order valence-corrected chi connectivity index (χ4v) is 5.92. The predicted octanol–water partition coefficient (Wildman–Crippen LogP) is 3.25. The van der Waals surface area contributed by atoms with Crippen LogP contribution in [0.4, 0.5) is 0 Å². The average Bonchev–Trinajstić information content (AvgIpc) is 3.11. The van der Waals surface area contributed by atoms with Crippen LogP contribution in [0.2, 0.25) is 10.0 Å². The first kappa shape index (κ1) is 23.1. The van der Waals surface area contributed by atoms with Crippen LogP contribution in [0.1, 0.15) is 5.56 Å². The molecule has 2 fully saturated rings. The number of thioether (sulfide) groups is 1. The van der Waals surface area contributed by atoms with Gasteiger partial charge in [-0.25, -0.2) is 4.98 Å². The molecule has 1 aromatic heterocycles. The molecule has 0 radical (unpaired) electrons. The van der Waals surface area contributed by atoms with Gasteiger partial charge < -0.3 is 14.9 Å². The molecule has 2 saturated carbocycles. The minimum absolute atomic E-state index is 0. The number of hydrogen-bond donors (Lipinski definition) is 2. The third-order valence-electron chi connectivity index (χ3n) is 5.42. The zero-order valence-electron chi connectivity index (χ0n) is 15.5. The summed E-state index contributed by atoms with van der Waals surface area (Å²) in [6.45, 7) is 0.134. The lowest BCUT2D eigenvalue weighted by Crippen LogP contribution is -2.38. The number of nitrogens with zero attached hydrogens (tertiary/aromatic N) is 3. The number of carboxylic acid groups (broad SMARTS) is 2. The second-order valence-electron chi connectivity index (χ2n) is 7.19. The van der Waals surface area contributed by atoms with Gasteiger partial charge in [-0.15, -0.1) is 17.5 Å². The Labute approximate surface area is 192 Å². The molecular formula is C18H18Cl3N3O5S. The molecule has 30 heavy (non-hydrogen) atoms. The Hall–Kier alpha value is -1.52. The van der Waals surface area contributed by atoms with Gasteiger partial charge in [0.15, 0.2) is 0 Å². The van der Waals surface area contributed by atoms with E-state index in [4.69, 9.17) is 27.9 Å². The van der Waals surface area contributed by atoms with E-state index >= 15 is 0 Å². The van der Waals surface area contributed by atoms with Crippen LogP contribution < -0.4 is 0 Å². The number of halogens is 3. The molecule has 0 saturated heterocycles. The highest BCUT2D eigenvalue weighted by atomic mass is 35.5. The number of ether oxygens (including phenoxy) is 1. The summed E-state index contributed by atoms with van der Waals surface area (Å²) >= 11 is 13.2. The number of fused-ring (bicyclic) bond motifs is 1. The third kappa shape index (κ3) is 4.27. The van der Waals surface area contributed by atoms with Gasteiger partial charge in [-0.3, -0.25) is 14.3 Å². The van der Waals surface area contributed by atoms with E-state index in [0.717, 1.165) is 5.56 Å². The Kier molecular flexibility index (Phi) is 6.88. The molecule has 2 aromatic rings. The maximum absolute atomic E-state index is 12.0. The summed E-state index contributed by atoms with van der Waals surface area (Å²) in [6, 6.07) is 5.06. The summed E-state index contributed by atoms with van der Waals surface area (Å²) in [5, 5.41) is 24.4. The van der Waals surface area contributed by atoms with Crippen LogP contribution in [0, 0.1) is 23.7 Å². The Balaban J connectivity index is 0.00000256. The molecule has 2 aliphatic rings. The molecule has 4 rings (SSSR count). The molecule has 0 spiro atoms. The second kappa shape index (κ2) is 8.92. The molecule has 8 nitrogen and oxygen atoms in total. The molecule has 1 heterocycles. The van der Waals surface area contributed by atoms with Crippen LogP contribution in [0.25, 0.3) is 0 Å². The van der Waals surface area contributed by atoms with Gasteiger partial charge in [-0.1, -0.05) is 41.0 Å². The summed E-state index contributed by atoms with van der Waals surface area (Å²) in [6.07, 6.45) is 0.859. The van der Waals surface area contributed by atoms with Crippen molar-refractivity contribution in [1.29, 1.82) is 0 Å². The highest BCUT2D eigenvalue weighted by molar-refractivity contribution is 7.99. The number of aryl methyl sites for hydroxylation is 1. The molecule has 0 amide bonds. The lowest BCUT2D eigenvalue weighted by molar-refractivity contribution is -0.149. The molecular weight excluding hydrogens is 477 g/mol. The summed E-state index contributed by atoms with van der Waals surface area (Å²) in [7, 11) is 1.73. The van der Waals surface area contributed by atoms with E-state index < -0.39 is 35.8 Å². The minimum atomic E-state index is -1.06. The number of benzene rings is 1. The number of rotatable bonds is 7. The highest BCUT2D eigenvalue weighted by Gasteiger charge is 2.72. The smallest absolute Gasteiger partial charge is 0.309 e. The zero-order valence-corrected chi connectivity index (χ0v) is 18.7. The van der Waals surface area contributed by atoms with Crippen molar-refractivity contribution in [3.05, 3.63) is 40.1 Å². The lowest BCUT2D eigenvalue weighted by Gasteiger charge is -2.27. The molecule has 162 valence electrons. The monoisotopic (exact) mass is 493 g/mol. The average molecular weight is 495 g/mol. The third-order valence-corrected chi connectivity index (χ3v) is 7.41. The Bertz CT molecular complexity index is 974. The Morgan fingerprint density at radius 1 is 1.17 bits per heavy atom. The van der Waals surface area contributed by atoms with E-state index in [0.29, 0.717) is 15.2 Å². The largest absolute Gasteiger partial charge is 0.481 e. The molecule has 2 N–H and O–H groups in total. The molecule has 0 aliphatic heterocycles. The Morgan fingerprint density at radius 2 is 1.87 bits per heavy atom. The minimum Gasteiger partial charge on any atom is -0.481 e. The number of aliphatic carboxylic acids is 2. The van der Waals surface area contributed by atoms with Crippen LogP contribution in [-0.4, -0.2) is 48.3 Å². The van der Waals surface area contributed by atoms with Crippen molar-refractivity contribution in [2.45, 2.75) is 23.1 Å².